The average molecular weight is 340 g/mol. The standard InChI is InChI=1S/C13H21Cl3N4/c1-4-6-8-20(9-7-5-2)12-18-10(3)17-11(19-12)13(14,15)16/h4-9H2,1-3H3. The fourth-order valence-corrected chi connectivity index (χ4v) is 2.00. The Labute approximate surface area is 135 Å². The van der Waals surface area contributed by atoms with E-state index in [1.807, 2.05) is 0 Å². The molecule has 20 heavy (non-hydrogen) atoms. The number of aromatic nitrogens is 3. The van der Waals surface area contributed by atoms with E-state index in [1.165, 1.54) is 0 Å². The van der Waals surface area contributed by atoms with Crippen molar-refractivity contribution in [1.82, 2.24) is 15.0 Å². The van der Waals surface area contributed by atoms with Gasteiger partial charge in [-0.15, -0.1) is 0 Å². The van der Waals surface area contributed by atoms with E-state index in [9.17, 15) is 0 Å². The van der Waals surface area contributed by atoms with E-state index in [2.05, 4.69) is 33.7 Å². The fraction of sp³-hybridized carbons (Fsp3) is 0.769. The van der Waals surface area contributed by atoms with Gasteiger partial charge in [-0.3, -0.25) is 0 Å². The molecule has 0 saturated heterocycles. The summed E-state index contributed by atoms with van der Waals surface area (Å²) in [7, 11) is 0. The molecule has 1 aromatic rings. The van der Waals surface area contributed by atoms with Crippen LogP contribution in [-0.4, -0.2) is 28.0 Å². The molecule has 0 atom stereocenters. The number of hydrogen-bond donors (Lipinski definition) is 0. The lowest BCUT2D eigenvalue weighted by molar-refractivity contribution is 0.655. The number of unbranched alkanes of at least 4 members (excludes halogenated alkanes) is 2. The third-order valence-electron chi connectivity index (χ3n) is 2.83. The van der Waals surface area contributed by atoms with Crippen molar-refractivity contribution >= 4 is 40.8 Å². The molecule has 1 rings (SSSR count). The zero-order valence-electron chi connectivity index (χ0n) is 12.2. The molecule has 0 bridgehead atoms. The number of nitrogens with zero attached hydrogens (tertiary/aromatic N) is 4. The summed E-state index contributed by atoms with van der Waals surface area (Å²) < 4.78 is -1.62. The van der Waals surface area contributed by atoms with E-state index in [-0.39, 0.29) is 5.82 Å². The molecule has 0 spiro atoms. The molecule has 0 N–H and O–H groups in total. The second kappa shape index (κ2) is 8.20. The second-order valence-electron chi connectivity index (χ2n) is 4.70. The van der Waals surface area contributed by atoms with Crippen LogP contribution in [0.1, 0.15) is 51.2 Å². The first-order valence-corrected chi connectivity index (χ1v) is 8.06. The summed E-state index contributed by atoms with van der Waals surface area (Å²) >= 11 is 17.6. The average Bonchev–Trinajstić information content (AvgIpc) is 2.37. The van der Waals surface area contributed by atoms with Crippen LogP contribution in [0, 0.1) is 6.92 Å². The van der Waals surface area contributed by atoms with Gasteiger partial charge in [0.15, 0.2) is 5.82 Å². The number of rotatable bonds is 7. The number of aryl methyl sites for hydroxylation is 1. The van der Waals surface area contributed by atoms with E-state index in [4.69, 9.17) is 34.8 Å². The van der Waals surface area contributed by atoms with Crippen LogP contribution in [0.15, 0.2) is 0 Å². The van der Waals surface area contributed by atoms with Crippen molar-refractivity contribution in [2.75, 3.05) is 18.0 Å². The highest BCUT2D eigenvalue weighted by Crippen LogP contribution is 2.36. The Morgan fingerprint density at radius 2 is 1.50 bits per heavy atom. The Kier molecular flexibility index (Phi) is 7.27. The highest BCUT2D eigenvalue weighted by atomic mass is 35.6. The highest BCUT2D eigenvalue weighted by molar-refractivity contribution is 6.66. The van der Waals surface area contributed by atoms with Crippen LogP contribution in [-0.2, 0) is 3.79 Å². The minimum absolute atomic E-state index is 0.183. The van der Waals surface area contributed by atoms with Crippen molar-refractivity contribution in [3.63, 3.8) is 0 Å². The van der Waals surface area contributed by atoms with Crippen LogP contribution in [0.4, 0.5) is 5.95 Å². The third-order valence-corrected chi connectivity index (χ3v) is 3.34. The molecular weight excluding hydrogens is 319 g/mol. The van der Waals surface area contributed by atoms with E-state index in [0.717, 1.165) is 38.8 Å². The Balaban J connectivity index is 3.02. The molecule has 0 aliphatic carbocycles. The van der Waals surface area contributed by atoms with E-state index in [0.29, 0.717) is 11.8 Å². The summed E-state index contributed by atoms with van der Waals surface area (Å²) in [6.45, 7) is 7.90. The van der Waals surface area contributed by atoms with Gasteiger partial charge >= 0.3 is 0 Å². The molecule has 4 nitrogen and oxygen atoms in total. The number of alkyl halides is 3. The van der Waals surface area contributed by atoms with Crippen molar-refractivity contribution in [1.29, 1.82) is 0 Å². The smallest absolute Gasteiger partial charge is 0.250 e. The van der Waals surface area contributed by atoms with Crippen molar-refractivity contribution in [3.8, 4) is 0 Å². The minimum Gasteiger partial charge on any atom is -0.341 e. The first kappa shape index (κ1) is 17.7. The van der Waals surface area contributed by atoms with Crippen LogP contribution in [0.25, 0.3) is 0 Å². The molecule has 0 aliphatic heterocycles. The lowest BCUT2D eigenvalue weighted by Crippen LogP contribution is -2.29. The summed E-state index contributed by atoms with van der Waals surface area (Å²) in [6.07, 6.45) is 4.39. The van der Waals surface area contributed by atoms with Crippen molar-refractivity contribution in [2.45, 2.75) is 50.2 Å². The number of anilines is 1. The van der Waals surface area contributed by atoms with Crippen molar-refractivity contribution < 1.29 is 0 Å². The minimum atomic E-state index is -1.62. The summed E-state index contributed by atoms with van der Waals surface area (Å²) in [5.74, 6) is 1.35. The fourth-order valence-electron chi connectivity index (χ4n) is 1.75. The van der Waals surface area contributed by atoms with Crippen molar-refractivity contribution in [2.24, 2.45) is 0 Å². The van der Waals surface area contributed by atoms with E-state index >= 15 is 0 Å². The van der Waals surface area contributed by atoms with Crippen LogP contribution < -0.4 is 4.90 Å². The molecule has 0 saturated carbocycles. The molecule has 1 aromatic heterocycles. The van der Waals surface area contributed by atoms with Gasteiger partial charge in [0.25, 0.3) is 0 Å². The predicted octanol–water partition coefficient (Wildman–Crippen LogP) is 4.41. The number of halogens is 3. The molecule has 7 heteroatoms. The van der Waals surface area contributed by atoms with E-state index in [1.54, 1.807) is 6.92 Å². The summed E-state index contributed by atoms with van der Waals surface area (Å²) in [6, 6.07) is 0. The SMILES string of the molecule is CCCCN(CCCC)c1nc(C)nc(C(Cl)(Cl)Cl)n1. The Hall–Kier alpha value is -0.320. The molecule has 0 aromatic carbocycles. The lowest BCUT2D eigenvalue weighted by Gasteiger charge is -2.23. The molecule has 0 unspecified atom stereocenters. The Morgan fingerprint density at radius 3 is 1.95 bits per heavy atom. The van der Waals surface area contributed by atoms with Gasteiger partial charge in [0.1, 0.15) is 5.82 Å². The van der Waals surface area contributed by atoms with Gasteiger partial charge in [-0.05, 0) is 19.8 Å². The maximum absolute atomic E-state index is 5.88. The van der Waals surface area contributed by atoms with Gasteiger partial charge in [0.2, 0.25) is 9.74 Å². The maximum Gasteiger partial charge on any atom is 0.250 e. The van der Waals surface area contributed by atoms with Gasteiger partial charge in [-0.2, -0.15) is 9.97 Å². The monoisotopic (exact) mass is 338 g/mol. The molecule has 0 radical (unpaired) electrons. The lowest BCUT2D eigenvalue weighted by atomic mass is 10.3. The van der Waals surface area contributed by atoms with Gasteiger partial charge < -0.3 is 4.90 Å². The first-order chi connectivity index (χ1) is 9.38. The van der Waals surface area contributed by atoms with Gasteiger partial charge in [0, 0.05) is 13.1 Å². The molecule has 0 fully saturated rings. The second-order valence-corrected chi connectivity index (χ2v) is 6.98. The van der Waals surface area contributed by atoms with E-state index < -0.39 is 3.79 Å². The molecular formula is C13H21Cl3N4. The summed E-state index contributed by atoms with van der Waals surface area (Å²) in [5.41, 5.74) is 0. The van der Waals surface area contributed by atoms with Gasteiger partial charge in [-0.25, -0.2) is 4.98 Å². The number of hydrogen-bond acceptors (Lipinski definition) is 4. The molecule has 0 amide bonds. The quantitative estimate of drug-likeness (QED) is 0.690. The van der Waals surface area contributed by atoms with Crippen LogP contribution >= 0.6 is 34.8 Å². The Bertz CT molecular complexity index is 413. The highest BCUT2D eigenvalue weighted by Gasteiger charge is 2.28. The summed E-state index contributed by atoms with van der Waals surface area (Å²) in [5, 5.41) is 0. The largest absolute Gasteiger partial charge is 0.341 e. The van der Waals surface area contributed by atoms with Crippen molar-refractivity contribution in [3.05, 3.63) is 11.6 Å². The zero-order chi connectivity index (χ0) is 15.2. The van der Waals surface area contributed by atoms with Crippen LogP contribution in [0.2, 0.25) is 0 Å². The van der Waals surface area contributed by atoms with Gasteiger partial charge in [-0.1, -0.05) is 61.5 Å². The molecule has 114 valence electrons. The molecule has 0 aliphatic rings. The third kappa shape index (κ3) is 5.58. The molecule has 1 heterocycles. The first-order valence-electron chi connectivity index (χ1n) is 6.93. The van der Waals surface area contributed by atoms with Gasteiger partial charge in [0.05, 0.1) is 0 Å². The summed E-state index contributed by atoms with van der Waals surface area (Å²) in [4.78, 5) is 14.9. The topological polar surface area (TPSA) is 41.9 Å². The Morgan fingerprint density at radius 1 is 0.950 bits per heavy atom. The zero-order valence-corrected chi connectivity index (χ0v) is 14.4. The predicted molar refractivity (Wildman–Crippen MR) is 85.8 cm³/mol. The maximum atomic E-state index is 5.88. The van der Waals surface area contributed by atoms with Crippen LogP contribution in [0.5, 0.6) is 0 Å². The van der Waals surface area contributed by atoms with Crippen LogP contribution in [0.3, 0.4) is 0 Å². The normalized spacial score (nSPS) is 11.7.